The minimum atomic E-state index is -3.47. The fourth-order valence-corrected chi connectivity index (χ4v) is 4.16. The molecule has 2 heterocycles. The lowest BCUT2D eigenvalue weighted by Crippen LogP contribution is -2.48. The molecular weight excluding hydrogens is 435 g/mol. The molecule has 1 aliphatic heterocycles. The molecule has 1 amide bonds. The summed E-state index contributed by atoms with van der Waals surface area (Å²) in [4.78, 5) is 20.7. The van der Waals surface area contributed by atoms with Gasteiger partial charge in [-0.1, -0.05) is 35.3 Å². The van der Waals surface area contributed by atoms with Crippen molar-refractivity contribution in [3.8, 4) is 0 Å². The summed E-state index contributed by atoms with van der Waals surface area (Å²) in [7, 11) is -2.11. The number of benzene rings is 1. The highest BCUT2D eigenvalue weighted by molar-refractivity contribution is 7.89. The van der Waals surface area contributed by atoms with Crippen LogP contribution in [0.5, 0.6) is 0 Å². The molecule has 1 saturated heterocycles. The molecule has 0 bridgehead atoms. The average molecular weight is 455 g/mol. The van der Waals surface area contributed by atoms with Crippen molar-refractivity contribution in [2.75, 3.05) is 38.1 Å². The smallest absolute Gasteiger partial charge is 0.246 e. The summed E-state index contributed by atoms with van der Waals surface area (Å²) >= 11 is 12.1. The molecule has 1 aromatic heterocycles. The maximum absolute atomic E-state index is 12.5. The maximum Gasteiger partial charge on any atom is 0.246 e. The van der Waals surface area contributed by atoms with Crippen LogP contribution >= 0.6 is 23.2 Å². The zero-order valence-electron chi connectivity index (χ0n) is 15.7. The van der Waals surface area contributed by atoms with Crippen LogP contribution in [-0.4, -0.2) is 57.4 Å². The van der Waals surface area contributed by atoms with Crippen LogP contribution in [0.2, 0.25) is 10.0 Å². The molecule has 1 aromatic carbocycles. The van der Waals surface area contributed by atoms with Crippen LogP contribution in [0.1, 0.15) is 5.56 Å². The highest BCUT2D eigenvalue weighted by atomic mass is 35.5. The number of piperazine rings is 1. The lowest BCUT2D eigenvalue weighted by Gasteiger charge is -2.35. The molecule has 1 N–H and O–H groups in total. The minimum absolute atomic E-state index is 0.105. The van der Waals surface area contributed by atoms with Crippen molar-refractivity contribution in [2.24, 2.45) is 0 Å². The van der Waals surface area contributed by atoms with Gasteiger partial charge in [-0.05, 0) is 36.9 Å². The Hall–Kier alpha value is -2.13. The van der Waals surface area contributed by atoms with Crippen molar-refractivity contribution in [1.29, 1.82) is 0 Å². The standard InChI is InChI=1S/C19H20Cl2N4O3S/c1-22-29(27,28)16-5-2-14(3-6-16)4-7-18(26)24-8-10-25(11-9-24)19-17(21)12-15(20)13-23-19/h2-7,12-13,22H,8-11H2,1H3. The van der Waals surface area contributed by atoms with Crippen LogP contribution in [0.4, 0.5) is 5.82 Å². The van der Waals surface area contributed by atoms with Crippen molar-refractivity contribution >= 4 is 51.0 Å². The molecule has 0 aliphatic carbocycles. The third-order valence-electron chi connectivity index (χ3n) is 4.56. The van der Waals surface area contributed by atoms with Gasteiger partial charge in [0.25, 0.3) is 0 Å². The summed E-state index contributed by atoms with van der Waals surface area (Å²) in [5, 5.41) is 0.968. The molecule has 0 radical (unpaired) electrons. The van der Waals surface area contributed by atoms with Gasteiger partial charge >= 0.3 is 0 Å². The predicted octanol–water partition coefficient (Wildman–Crippen LogP) is 2.66. The normalized spacial score (nSPS) is 15.1. The van der Waals surface area contributed by atoms with Crippen LogP contribution < -0.4 is 9.62 Å². The fraction of sp³-hybridized carbons (Fsp3) is 0.263. The lowest BCUT2D eigenvalue weighted by molar-refractivity contribution is -0.126. The first-order valence-corrected chi connectivity index (χ1v) is 11.1. The quantitative estimate of drug-likeness (QED) is 0.702. The van der Waals surface area contributed by atoms with Crippen molar-refractivity contribution in [3.63, 3.8) is 0 Å². The zero-order valence-corrected chi connectivity index (χ0v) is 18.0. The predicted molar refractivity (Wildman–Crippen MR) is 115 cm³/mol. The molecule has 3 rings (SSSR count). The molecule has 1 aliphatic rings. The van der Waals surface area contributed by atoms with E-state index in [0.29, 0.717) is 42.0 Å². The Bertz CT molecular complexity index is 1020. The first kappa shape index (κ1) is 21.6. The maximum atomic E-state index is 12.5. The largest absolute Gasteiger partial charge is 0.352 e. The monoisotopic (exact) mass is 454 g/mol. The Kier molecular flexibility index (Phi) is 6.79. The van der Waals surface area contributed by atoms with Crippen LogP contribution in [-0.2, 0) is 14.8 Å². The first-order chi connectivity index (χ1) is 13.8. The van der Waals surface area contributed by atoms with E-state index in [2.05, 4.69) is 9.71 Å². The van der Waals surface area contributed by atoms with Crippen LogP contribution in [0, 0.1) is 0 Å². The highest BCUT2D eigenvalue weighted by Crippen LogP contribution is 2.26. The molecule has 154 valence electrons. The number of carbonyl (C=O) groups excluding carboxylic acids is 1. The number of rotatable bonds is 5. The Morgan fingerprint density at radius 2 is 1.79 bits per heavy atom. The summed E-state index contributed by atoms with van der Waals surface area (Å²) in [6.07, 6.45) is 4.71. The lowest BCUT2D eigenvalue weighted by atomic mass is 10.2. The highest BCUT2D eigenvalue weighted by Gasteiger charge is 2.22. The summed E-state index contributed by atoms with van der Waals surface area (Å²) in [6.45, 7) is 2.32. The Balaban J connectivity index is 1.58. The second kappa shape index (κ2) is 9.13. The van der Waals surface area contributed by atoms with E-state index >= 15 is 0 Å². The molecule has 0 saturated carbocycles. The summed E-state index contributed by atoms with van der Waals surface area (Å²) in [6, 6.07) is 7.95. The summed E-state index contributed by atoms with van der Waals surface area (Å²) in [5.41, 5.74) is 0.740. The Labute approximate surface area is 180 Å². The van der Waals surface area contributed by atoms with E-state index in [4.69, 9.17) is 23.2 Å². The summed E-state index contributed by atoms with van der Waals surface area (Å²) < 4.78 is 25.7. The number of nitrogens with one attached hydrogen (secondary N) is 1. The van der Waals surface area contributed by atoms with Gasteiger partial charge in [0, 0.05) is 38.5 Å². The van der Waals surface area contributed by atoms with E-state index in [9.17, 15) is 13.2 Å². The van der Waals surface area contributed by atoms with Crippen molar-refractivity contribution in [3.05, 3.63) is 58.2 Å². The number of nitrogens with zero attached hydrogens (tertiary/aromatic N) is 3. The van der Waals surface area contributed by atoms with Crippen molar-refractivity contribution in [1.82, 2.24) is 14.6 Å². The molecule has 10 heteroatoms. The Morgan fingerprint density at radius 1 is 1.14 bits per heavy atom. The third-order valence-corrected chi connectivity index (χ3v) is 6.47. The van der Waals surface area contributed by atoms with Gasteiger partial charge in [-0.2, -0.15) is 0 Å². The first-order valence-electron chi connectivity index (χ1n) is 8.87. The van der Waals surface area contributed by atoms with Crippen molar-refractivity contribution < 1.29 is 13.2 Å². The molecule has 2 aromatic rings. The van der Waals surface area contributed by atoms with Gasteiger partial charge in [0.05, 0.1) is 14.9 Å². The molecular formula is C19H20Cl2N4O3S. The van der Waals surface area contributed by atoms with Gasteiger partial charge in [0.1, 0.15) is 5.82 Å². The van der Waals surface area contributed by atoms with Crippen LogP contribution in [0.25, 0.3) is 6.08 Å². The average Bonchev–Trinajstić information content (AvgIpc) is 2.72. The summed E-state index contributed by atoms with van der Waals surface area (Å²) in [5.74, 6) is 0.557. The zero-order chi connectivity index (χ0) is 21.0. The number of hydrogen-bond donors (Lipinski definition) is 1. The fourth-order valence-electron chi connectivity index (χ4n) is 2.93. The van der Waals surface area contributed by atoms with Gasteiger partial charge in [-0.15, -0.1) is 0 Å². The molecule has 7 nitrogen and oxygen atoms in total. The van der Waals surface area contributed by atoms with Gasteiger partial charge in [-0.25, -0.2) is 18.1 Å². The number of anilines is 1. The number of hydrogen-bond acceptors (Lipinski definition) is 5. The van der Waals surface area contributed by atoms with E-state index < -0.39 is 10.0 Å². The molecule has 0 spiro atoms. The van der Waals surface area contributed by atoms with Crippen molar-refractivity contribution in [2.45, 2.75) is 4.90 Å². The second-order valence-corrected chi connectivity index (χ2v) is 9.11. The topological polar surface area (TPSA) is 82.6 Å². The van der Waals surface area contributed by atoms with E-state index in [1.807, 2.05) is 4.90 Å². The van der Waals surface area contributed by atoms with E-state index in [1.165, 1.54) is 25.3 Å². The number of amides is 1. The molecule has 29 heavy (non-hydrogen) atoms. The molecule has 0 unspecified atom stereocenters. The van der Waals surface area contributed by atoms with Gasteiger partial charge in [-0.3, -0.25) is 4.79 Å². The minimum Gasteiger partial charge on any atom is -0.352 e. The van der Waals surface area contributed by atoms with E-state index in [0.717, 1.165) is 5.56 Å². The number of halogens is 2. The van der Waals surface area contributed by atoms with E-state index in [-0.39, 0.29) is 10.8 Å². The van der Waals surface area contributed by atoms with Gasteiger partial charge in [0.15, 0.2) is 0 Å². The Morgan fingerprint density at radius 3 is 2.38 bits per heavy atom. The van der Waals surface area contributed by atoms with Gasteiger partial charge < -0.3 is 9.80 Å². The second-order valence-electron chi connectivity index (χ2n) is 6.38. The van der Waals surface area contributed by atoms with Crippen LogP contribution in [0.15, 0.2) is 47.5 Å². The number of carbonyl (C=O) groups is 1. The SMILES string of the molecule is CNS(=O)(=O)c1ccc(C=CC(=O)N2CCN(c3ncc(Cl)cc3Cl)CC2)cc1. The number of aromatic nitrogens is 1. The van der Waals surface area contributed by atoms with Crippen LogP contribution in [0.3, 0.4) is 0 Å². The molecule has 1 fully saturated rings. The van der Waals surface area contributed by atoms with Gasteiger partial charge in [0.2, 0.25) is 15.9 Å². The number of sulfonamides is 1. The third kappa shape index (κ3) is 5.27. The van der Waals surface area contributed by atoms with E-state index in [1.54, 1.807) is 35.4 Å². The number of pyridine rings is 1. The molecule has 0 atom stereocenters.